The highest BCUT2D eigenvalue weighted by Crippen LogP contribution is 2.35. The molecule has 14 heavy (non-hydrogen) atoms. The zero-order chi connectivity index (χ0) is 10.1. The van der Waals surface area contributed by atoms with Crippen LogP contribution < -0.4 is 4.90 Å². The van der Waals surface area contributed by atoms with Gasteiger partial charge in [0.2, 0.25) is 0 Å². The summed E-state index contributed by atoms with van der Waals surface area (Å²) in [7, 11) is 0. The SMILES string of the molecule is Clc1cc(N2CCCC2)c(Cl)cc1Br. The molecule has 1 aliphatic rings. The van der Waals surface area contributed by atoms with Gasteiger partial charge in [0.15, 0.2) is 0 Å². The second kappa shape index (κ2) is 4.30. The van der Waals surface area contributed by atoms with E-state index in [0.29, 0.717) is 0 Å². The fraction of sp³-hybridized carbons (Fsp3) is 0.400. The Balaban J connectivity index is 2.37. The van der Waals surface area contributed by atoms with Gasteiger partial charge in [-0.15, -0.1) is 0 Å². The second-order valence-corrected chi connectivity index (χ2v) is 5.08. The molecule has 2 rings (SSSR count). The third-order valence-corrected chi connectivity index (χ3v) is 3.94. The molecule has 76 valence electrons. The van der Waals surface area contributed by atoms with Crippen molar-refractivity contribution in [3.63, 3.8) is 0 Å². The Labute approximate surface area is 102 Å². The van der Waals surface area contributed by atoms with Crippen LogP contribution in [-0.2, 0) is 0 Å². The molecule has 1 aromatic rings. The summed E-state index contributed by atoms with van der Waals surface area (Å²) in [5.74, 6) is 0. The molecule has 0 atom stereocenters. The zero-order valence-electron chi connectivity index (χ0n) is 7.56. The first-order valence-corrected chi connectivity index (χ1v) is 6.13. The van der Waals surface area contributed by atoms with Crippen molar-refractivity contribution in [3.8, 4) is 0 Å². The molecule has 4 heteroatoms. The van der Waals surface area contributed by atoms with Crippen LogP contribution in [0.2, 0.25) is 10.0 Å². The average molecular weight is 295 g/mol. The number of rotatable bonds is 1. The van der Waals surface area contributed by atoms with Gasteiger partial charge in [-0.1, -0.05) is 23.2 Å². The van der Waals surface area contributed by atoms with Gasteiger partial charge in [0.05, 0.1) is 15.7 Å². The van der Waals surface area contributed by atoms with Crippen LogP contribution in [-0.4, -0.2) is 13.1 Å². The molecule has 0 unspecified atom stereocenters. The quantitative estimate of drug-likeness (QED) is 0.696. The van der Waals surface area contributed by atoms with Crippen molar-refractivity contribution in [3.05, 3.63) is 26.7 Å². The van der Waals surface area contributed by atoms with E-state index in [1.165, 1.54) is 12.8 Å². The van der Waals surface area contributed by atoms with Crippen molar-refractivity contribution in [1.29, 1.82) is 0 Å². The summed E-state index contributed by atoms with van der Waals surface area (Å²) in [5, 5.41) is 1.49. The zero-order valence-corrected chi connectivity index (χ0v) is 10.7. The molecule has 1 nitrogen and oxygen atoms in total. The number of halogens is 3. The Morgan fingerprint density at radius 3 is 2.36 bits per heavy atom. The van der Waals surface area contributed by atoms with Crippen LogP contribution in [0.1, 0.15) is 12.8 Å². The topological polar surface area (TPSA) is 3.24 Å². The fourth-order valence-corrected chi connectivity index (χ4v) is 2.63. The van der Waals surface area contributed by atoms with E-state index in [4.69, 9.17) is 23.2 Å². The van der Waals surface area contributed by atoms with Crippen molar-refractivity contribution >= 4 is 44.8 Å². The predicted octanol–water partition coefficient (Wildman–Crippen LogP) is 4.36. The Morgan fingerprint density at radius 1 is 1.07 bits per heavy atom. The van der Waals surface area contributed by atoms with Crippen LogP contribution in [0.15, 0.2) is 16.6 Å². The lowest BCUT2D eigenvalue weighted by molar-refractivity contribution is 0.949. The van der Waals surface area contributed by atoms with Gasteiger partial charge in [-0.3, -0.25) is 0 Å². The van der Waals surface area contributed by atoms with Crippen molar-refractivity contribution in [2.24, 2.45) is 0 Å². The van der Waals surface area contributed by atoms with Crippen LogP contribution >= 0.6 is 39.1 Å². The van der Waals surface area contributed by atoms with Crippen molar-refractivity contribution < 1.29 is 0 Å². The van der Waals surface area contributed by atoms with Gasteiger partial charge in [-0.25, -0.2) is 0 Å². The predicted molar refractivity (Wildman–Crippen MR) is 65.6 cm³/mol. The van der Waals surface area contributed by atoms with Gasteiger partial charge in [0.1, 0.15) is 0 Å². The van der Waals surface area contributed by atoms with Crippen LogP contribution in [0.5, 0.6) is 0 Å². The van der Waals surface area contributed by atoms with Crippen LogP contribution in [0.3, 0.4) is 0 Å². The minimum atomic E-state index is 0.719. The molecule has 0 amide bonds. The van der Waals surface area contributed by atoms with E-state index in [9.17, 15) is 0 Å². The lowest BCUT2D eigenvalue weighted by Gasteiger charge is -2.19. The van der Waals surface area contributed by atoms with Gasteiger partial charge in [-0.05, 0) is 40.9 Å². The Hall–Kier alpha value is 0.0800. The first kappa shape index (κ1) is 10.6. The molecule has 1 aliphatic heterocycles. The molecule has 0 bridgehead atoms. The number of benzene rings is 1. The van der Waals surface area contributed by atoms with Gasteiger partial charge in [0, 0.05) is 17.6 Å². The molecule has 1 fully saturated rings. The summed E-state index contributed by atoms with van der Waals surface area (Å²) >= 11 is 15.5. The highest BCUT2D eigenvalue weighted by Gasteiger charge is 2.16. The van der Waals surface area contributed by atoms with Crippen molar-refractivity contribution in [2.75, 3.05) is 18.0 Å². The van der Waals surface area contributed by atoms with Gasteiger partial charge < -0.3 is 4.90 Å². The van der Waals surface area contributed by atoms with Gasteiger partial charge >= 0.3 is 0 Å². The number of hydrogen-bond acceptors (Lipinski definition) is 1. The van der Waals surface area contributed by atoms with E-state index in [-0.39, 0.29) is 0 Å². The first-order valence-electron chi connectivity index (χ1n) is 4.58. The summed E-state index contributed by atoms with van der Waals surface area (Å²) < 4.78 is 0.854. The molecule has 1 saturated heterocycles. The minimum absolute atomic E-state index is 0.719. The lowest BCUT2D eigenvalue weighted by Crippen LogP contribution is -2.17. The van der Waals surface area contributed by atoms with E-state index in [2.05, 4.69) is 20.8 Å². The van der Waals surface area contributed by atoms with E-state index in [1.807, 2.05) is 12.1 Å². The molecule has 0 radical (unpaired) electrons. The Morgan fingerprint density at radius 2 is 1.71 bits per heavy atom. The second-order valence-electron chi connectivity index (χ2n) is 3.41. The summed E-state index contributed by atoms with van der Waals surface area (Å²) in [6.07, 6.45) is 2.48. The summed E-state index contributed by atoms with van der Waals surface area (Å²) in [6, 6.07) is 3.79. The lowest BCUT2D eigenvalue weighted by atomic mass is 10.3. The van der Waals surface area contributed by atoms with Gasteiger partial charge in [-0.2, -0.15) is 0 Å². The van der Waals surface area contributed by atoms with Crippen molar-refractivity contribution in [2.45, 2.75) is 12.8 Å². The van der Waals surface area contributed by atoms with E-state index < -0.39 is 0 Å². The Kier molecular flexibility index (Phi) is 3.25. The largest absolute Gasteiger partial charge is 0.370 e. The molecule has 0 aliphatic carbocycles. The Bertz CT molecular complexity index is 348. The van der Waals surface area contributed by atoms with Gasteiger partial charge in [0.25, 0.3) is 0 Å². The monoisotopic (exact) mass is 293 g/mol. The summed E-state index contributed by atoms with van der Waals surface area (Å²) in [5.41, 5.74) is 1.05. The van der Waals surface area contributed by atoms with E-state index >= 15 is 0 Å². The van der Waals surface area contributed by atoms with E-state index in [0.717, 1.165) is 33.3 Å². The van der Waals surface area contributed by atoms with E-state index in [1.54, 1.807) is 0 Å². The number of anilines is 1. The van der Waals surface area contributed by atoms with Crippen LogP contribution in [0.25, 0.3) is 0 Å². The fourth-order valence-electron chi connectivity index (χ4n) is 1.71. The molecular formula is C10H10BrCl2N. The molecule has 1 heterocycles. The van der Waals surface area contributed by atoms with Crippen LogP contribution in [0.4, 0.5) is 5.69 Å². The maximum absolute atomic E-state index is 6.15. The van der Waals surface area contributed by atoms with Crippen LogP contribution in [0, 0.1) is 0 Å². The van der Waals surface area contributed by atoms with Crippen molar-refractivity contribution in [1.82, 2.24) is 0 Å². The third-order valence-electron chi connectivity index (χ3n) is 2.44. The summed E-state index contributed by atoms with van der Waals surface area (Å²) in [4.78, 5) is 2.28. The third kappa shape index (κ3) is 2.02. The highest BCUT2D eigenvalue weighted by atomic mass is 79.9. The maximum atomic E-state index is 6.15. The average Bonchev–Trinajstić information content (AvgIpc) is 2.64. The molecule has 0 spiro atoms. The standard InChI is InChI=1S/C10H10BrCl2N/c11-7-5-9(13)10(6-8(7)12)14-3-1-2-4-14/h5-6H,1-4H2. The molecule has 0 aromatic heterocycles. The smallest absolute Gasteiger partial charge is 0.0651 e. The molecule has 0 N–H and O–H groups in total. The molecule has 1 aromatic carbocycles. The molecule has 0 saturated carbocycles. The highest BCUT2D eigenvalue weighted by molar-refractivity contribution is 9.10. The molecular weight excluding hydrogens is 285 g/mol. The normalized spacial score (nSPS) is 16.4. The summed E-state index contributed by atoms with van der Waals surface area (Å²) in [6.45, 7) is 2.16. The number of nitrogens with zero attached hydrogens (tertiary/aromatic N) is 1. The minimum Gasteiger partial charge on any atom is -0.370 e. The number of hydrogen-bond donors (Lipinski definition) is 0. The maximum Gasteiger partial charge on any atom is 0.0651 e. The first-order chi connectivity index (χ1) is 6.68.